The summed E-state index contributed by atoms with van der Waals surface area (Å²) in [5.41, 5.74) is 0.935. The second-order valence-electron chi connectivity index (χ2n) is 6.95. The van der Waals surface area contributed by atoms with Crippen LogP contribution < -0.4 is 0 Å². The van der Waals surface area contributed by atoms with Crippen molar-refractivity contribution in [3.05, 3.63) is 59.9 Å². The van der Waals surface area contributed by atoms with Crippen molar-refractivity contribution in [2.24, 2.45) is 0 Å². The summed E-state index contributed by atoms with van der Waals surface area (Å²) in [5, 5.41) is 4.11. The zero-order valence-corrected chi connectivity index (χ0v) is 16.2. The molecule has 146 valence electrons. The van der Waals surface area contributed by atoms with Gasteiger partial charge in [0.1, 0.15) is 5.76 Å². The first-order valence-electron chi connectivity index (χ1n) is 9.66. The topological polar surface area (TPSA) is 75.6 Å². The average molecular weight is 380 g/mol. The lowest BCUT2D eigenvalue weighted by atomic mass is 10.2. The molecule has 1 atom stereocenters. The van der Waals surface area contributed by atoms with Crippen LogP contribution in [0.4, 0.5) is 0 Å². The van der Waals surface area contributed by atoms with Gasteiger partial charge in [-0.05, 0) is 19.1 Å². The molecule has 7 nitrogen and oxygen atoms in total. The number of hydrogen-bond acceptors (Lipinski definition) is 6. The zero-order chi connectivity index (χ0) is 19.5. The van der Waals surface area contributed by atoms with E-state index in [0.717, 1.165) is 30.8 Å². The van der Waals surface area contributed by atoms with Gasteiger partial charge >= 0.3 is 0 Å². The maximum Gasteiger partial charge on any atom is 0.289 e. The van der Waals surface area contributed by atoms with E-state index in [2.05, 4.69) is 22.0 Å². The summed E-state index contributed by atoms with van der Waals surface area (Å²) < 4.78 is 11.1. The van der Waals surface area contributed by atoms with Crippen LogP contribution in [0.25, 0.3) is 11.4 Å². The Balaban J connectivity index is 1.37. The monoisotopic (exact) mass is 380 g/mol. The van der Waals surface area contributed by atoms with Crippen LogP contribution in [0.1, 0.15) is 42.1 Å². The Morgan fingerprint density at radius 1 is 1.11 bits per heavy atom. The Morgan fingerprint density at radius 2 is 1.86 bits per heavy atom. The fraction of sp³-hybridized carbons (Fsp3) is 0.381. The third-order valence-corrected chi connectivity index (χ3v) is 5.20. The summed E-state index contributed by atoms with van der Waals surface area (Å²) in [6.07, 6.45) is 0.785. The van der Waals surface area contributed by atoms with Crippen molar-refractivity contribution in [2.75, 3.05) is 26.2 Å². The molecule has 0 spiro atoms. The van der Waals surface area contributed by atoms with Crippen molar-refractivity contribution in [1.82, 2.24) is 19.9 Å². The van der Waals surface area contributed by atoms with E-state index in [0.29, 0.717) is 30.6 Å². The Labute approximate surface area is 163 Å². The summed E-state index contributed by atoms with van der Waals surface area (Å²) in [5.74, 6) is 2.40. The standard InChI is InChI=1S/C21H24N4O3/c1-3-17-9-10-18(27-17)21(26)25-13-11-24(12-14-25)15(2)20-22-19(23-28-20)16-7-5-4-6-8-16/h4-10,15H,3,11-14H2,1-2H3. The predicted molar refractivity (Wildman–Crippen MR) is 104 cm³/mol. The SMILES string of the molecule is CCc1ccc(C(=O)N2CCN(C(C)c3nc(-c4ccccc4)no3)CC2)o1. The minimum Gasteiger partial charge on any atom is -0.456 e. The lowest BCUT2D eigenvalue weighted by Crippen LogP contribution is -2.49. The molecule has 0 bridgehead atoms. The van der Waals surface area contributed by atoms with Crippen molar-refractivity contribution in [3.63, 3.8) is 0 Å². The normalized spacial score (nSPS) is 16.3. The third kappa shape index (κ3) is 3.71. The van der Waals surface area contributed by atoms with Gasteiger partial charge in [0.2, 0.25) is 11.7 Å². The van der Waals surface area contributed by atoms with E-state index in [4.69, 9.17) is 8.94 Å². The smallest absolute Gasteiger partial charge is 0.289 e. The molecule has 1 amide bonds. The number of carbonyl (C=O) groups excluding carboxylic acids is 1. The number of amides is 1. The first-order valence-corrected chi connectivity index (χ1v) is 9.66. The minimum atomic E-state index is -0.0452. The highest BCUT2D eigenvalue weighted by Gasteiger charge is 2.29. The summed E-state index contributed by atoms with van der Waals surface area (Å²) in [6.45, 7) is 6.85. The molecule has 1 saturated heterocycles. The second-order valence-corrected chi connectivity index (χ2v) is 6.95. The van der Waals surface area contributed by atoms with Crippen molar-refractivity contribution in [3.8, 4) is 11.4 Å². The van der Waals surface area contributed by atoms with E-state index < -0.39 is 0 Å². The van der Waals surface area contributed by atoms with Crippen LogP contribution >= 0.6 is 0 Å². The van der Waals surface area contributed by atoms with Gasteiger partial charge in [-0.15, -0.1) is 0 Å². The lowest BCUT2D eigenvalue weighted by molar-refractivity contribution is 0.0523. The average Bonchev–Trinajstić information content (AvgIpc) is 3.43. The fourth-order valence-corrected chi connectivity index (χ4v) is 3.42. The Morgan fingerprint density at radius 3 is 2.54 bits per heavy atom. The highest BCUT2D eigenvalue weighted by molar-refractivity contribution is 5.91. The first-order chi connectivity index (χ1) is 13.7. The van der Waals surface area contributed by atoms with Gasteiger partial charge in [-0.25, -0.2) is 0 Å². The summed E-state index contributed by atoms with van der Waals surface area (Å²) in [4.78, 5) is 21.3. The van der Waals surface area contributed by atoms with Gasteiger partial charge in [-0.2, -0.15) is 4.98 Å². The molecule has 1 aliphatic rings. The molecular formula is C21H24N4O3. The van der Waals surface area contributed by atoms with E-state index >= 15 is 0 Å². The number of furan rings is 1. The molecular weight excluding hydrogens is 356 g/mol. The van der Waals surface area contributed by atoms with Gasteiger partial charge in [-0.3, -0.25) is 9.69 Å². The van der Waals surface area contributed by atoms with Crippen LogP contribution in [-0.4, -0.2) is 52.0 Å². The van der Waals surface area contributed by atoms with Crippen LogP contribution in [0.3, 0.4) is 0 Å². The maximum atomic E-state index is 12.6. The molecule has 7 heteroatoms. The number of carbonyl (C=O) groups is 1. The Hall–Kier alpha value is -2.93. The molecule has 2 aromatic heterocycles. The van der Waals surface area contributed by atoms with Crippen molar-refractivity contribution >= 4 is 5.91 Å². The lowest BCUT2D eigenvalue weighted by Gasteiger charge is -2.36. The fourth-order valence-electron chi connectivity index (χ4n) is 3.42. The van der Waals surface area contributed by atoms with Gasteiger partial charge in [0.05, 0.1) is 6.04 Å². The molecule has 1 aromatic carbocycles. The number of rotatable bonds is 5. The molecule has 1 aliphatic heterocycles. The van der Waals surface area contributed by atoms with Crippen molar-refractivity contribution in [1.29, 1.82) is 0 Å². The number of benzene rings is 1. The minimum absolute atomic E-state index is 0.00230. The molecule has 1 unspecified atom stereocenters. The largest absolute Gasteiger partial charge is 0.456 e. The quantitative estimate of drug-likeness (QED) is 0.675. The van der Waals surface area contributed by atoms with Gasteiger partial charge in [0.25, 0.3) is 5.91 Å². The molecule has 0 radical (unpaired) electrons. The van der Waals surface area contributed by atoms with Gasteiger partial charge in [-0.1, -0.05) is 42.4 Å². The molecule has 4 rings (SSSR count). The highest BCUT2D eigenvalue weighted by Crippen LogP contribution is 2.24. The van der Waals surface area contributed by atoms with Gasteiger partial charge in [0, 0.05) is 38.2 Å². The van der Waals surface area contributed by atoms with E-state index in [9.17, 15) is 4.79 Å². The first kappa shape index (κ1) is 18.4. The summed E-state index contributed by atoms with van der Waals surface area (Å²) in [7, 11) is 0. The zero-order valence-electron chi connectivity index (χ0n) is 16.2. The van der Waals surface area contributed by atoms with E-state index in [-0.39, 0.29) is 11.9 Å². The van der Waals surface area contributed by atoms with E-state index in [1.165, 1.54) is 0 Å². The number of aryl methyl sites for hydroxylation is 1. The maximum absolute atomic E-state index is 12.6. The molecule has 0 saturated carbocycles. The molecule has 1 fully saturated rings. The number of piperazine rings is 1. The third-order valence-electron chi connectivity index (χ3n) is 5.20. The van der Waals surface area contributed by atoms with Gasteiger partial charge < -0.3 is 13.8 Å². The Kier molecular flexibility index (Phi) is 5.25. The highest BCUT2D eigenvalue weighted by atomic mass is 16.5. The van der Waals surface area contributed by atoms with Crippen LogP contribution in [0.5, 0.6) is 0 Å². The van der Waals surface area contributed by atoms with Crippen LogP contribution in [0.2, 0.25) is 0 Å². The summed E-state index contributed by atoms with van der Waals surface area (Å²) in [6, 6.07) is 13.4. The molecule has 3 heterocycles. The molecule has 0 aliphatic carbocycles. The van der Waals surface area contributed by atoms with E-state index in [1.807, 2.05) is 48.2 Å². The second kappa shape index (κ2) is 7.98. The Bertz CT molecular complexity index is 926. The van der Waals surface area contributed by atoms with E-state index in [1.54, 1.807) is 6.07 Å². The number of hydrogen-bond donors (Lipinski definition) is 0. The number of aromatic nitrogens is 2. The number of nitrogens with zero attached hydrogens (tertiary/aromatic N) is 4. The molecule has 3 aromatic rings. The predicted octanol–water partition coefficient (Wildman–Crippen LogP) is 3.41. The van der Waals surface area contributed by atoms with Crippen LogP contribution in [-0.2, 0) is 6.42 Å². The molecule has 28 heavy (non-hydrogen) atoms. The van der Waals surface area contributed by atoms with Crippen molar-refractivity contribution < 1.29 is 13.7 Å². The summed E-state index contributed by atoms with van der Waals surface area (Å²) >= 11 is 0. The molecule has 0 N–H and O–H groups in total. The van der Waals surface area contributed by atoms with Crippen LogP contribution in [0.15, 0.2) is 51.4 Å². The van der Waals surface area contributed by atoms with Gasteiger partial charge in [0.15, 0.2) is 5.76 Å². The van der Waals surface area contributed by atoms with Crippen LogP contribution in [0, 0.1) is 0 Å². The van der Waals surface area contributed by atoms with Crippen molar-refractivity contribution in [2.45, 2.75) is 26.3 Å².